The molecule has 0 spiro atoms. The number of nitrogens with two attached hydrogens (primary N) is 1. The molecule has 1 aromatic rings. The zero-order chi connectivity index (χ0) is 9.42. The number of aromatic nitrogens is 1. The Morgan fingerprint density at radius 2 is 2.38 bits per heavy atom. The molecule has 0 saturated carbocycles. The van der Waals surface area contributed by atoms with Crippen molar-refractivity contribution in [1.29, 1.82) is 0 Å². The molecular weight excluding hydrogens is 186 g/mol. The van der Waals surface area contributed by atoms with Crippen molar-refractivity contribution in [2.75, 3.05) is 5.43 Å². The summed E-state index contributed by atoms with van der Waals surface area (Å²) < 4.78 is 5.67. The first-order valence-corrected chi connectivity index (χ1v) is 5.14. The van der Waals surface area contributed by atoms with E-state index >= 15 is 0 Å². The Labute approximate surface area is 81.1 Å². The molecule has 2 atom stereocenters. The third-order valence-electron chi connectivity index (χ3n) is 2.14. The minimum atomic E-state index is 0.151. The van der Waals surface area contributed by atoms with Gasteiger partial charge in [-0.3, -0.25) is 5.43 Å². The molecule has 2 rings (SSSR count). The number of thiazole rings is 1. The number of nitrogens with zero attached hydrogens (tertiary/aromatic N) is 1. The van der Waals surface area contributed by atoms with Crippen LogP contribution in [0.4, 0.5) is 5.13 Å². The van der Waals surface area contributed by atoms with Gasteiger partial charge in [0.15, 0.2) is 5.13 Å². The number of hydrazine groups is 1. The van der Waals surface area contributed by atoms with Gasteiger partial charge in [-0.1, -0.05) is 11.3 Å². The number of hydrogen-bond acceptors (Lipinski definition) is 5. The van der Waals surface area contributed by atoms with Gasteiger partial charge in [0.1, 0.15) is 0 Å². The lowest BCUT2D eigenvalue weighted by atomic mass is 10.1. The van der Waals surface area contributed by atoms with Gasteiger partial charge in [-0.15, -0.1) is 0 Å². The van der Waals surface area contributed by atoms with Gasteiger partial charge in [-0.05, 0) is 13.8 Å². The van der Waals surface area contributed by atoms with Crippen molar-refractivity contribution in [1.82, 2.24) is 4.98 Å². The number of anilines is 1. The Hall–Kier alpha value is -0.650. The first-order chi connectivity index (χ1) is 6.20. The fourth-order valence-corrected chi connectivity index (χ4v) is 2.51. The molecule has 1 aliphatic heterocycles. The van der Waals surface area contributed by atoms with Crippen LogP contribution in [-0.4, -0.2) is 11.1 Å². The minimum absolute atomic E-state index is 0.151. The second-order valence-electron chi connectivity index (χ2n) is 3.27. The summed E-state index contributed by atoms with van der Waals surface area (Å²) in [5.41, 5.74) is 3.70. The Kier molecular flexibility index (Phi) is 2.23. The third-order valence-corrected chi connectivity index (χ3v) is 3.33. The predicted molar refractivity (Wildman–Crippen MR) is 52.6 cm³/mol. The summed E-state index contributed by atoms with van der Waals surface area (Å²) in [5, 5.41) is 0.773. The summed E-state index contributed by atoms with van der Waals surface area (Å²) in [5.74, 6) is 5.30. The Morgan fingerprint density at radius 1 is 1.62 bits per heavy atom. The zero-order valence-corrected chi connectivity index (χ0v) is 8.52. The highest BCUT2D eigenvalue weighted by atomic mass is 32.1. The largest absolute Gasteiger partial charge is 0.370 e. The highest BCUT2D eigenvalue weighted by molar-refractivity contribution is 7.15. The van der Waals surface area contributed by atoms with Crippen molar-refractivity contribution in [2.24, 2.45) is 5.84 Å². The van der Waals surface area contributed by atoms with E-state index in [4.69, 9.17) is 10.6 Å². The van der Waals surface area contributed by atoms with Crippen LogP contribution in [0.5, 0.6) is 0 Å². The van der Waals surface area contributed by atoms with Gasteiger partial charge in [-0.2, -0.15) is 0 Å². The lowest BCUT2D eigenvalue weighted by Gasteiger charge is -2.23. The molecule has 1 aromatic heterocycles. The highest BCUT2D eigenvalue weighted by Crippen LogP contribution is 2.35. The van der Waals surface area contributed by atoms with Crippen molar-refractivity contribution >= 4 is 16.5 Å². The van der Waals surface area contributed by atoms with Crippen LogP contribution in [0.25, 0.3) is 0 Å². The van der Waals surface area contributed by atoms with Gasteiger partial charge >= 0.3 is 0 Å². The van der Waals surface area contributed by atoms with Crippen molar-refractivity contribution in [2.45, 2.75) is 32.5 Å². The first-order valence-electron chi connectivity index (χ1n) is 4.32. The predicted octanol–water partition coefficient (Wildman–Crippen LogP) is 1.45. The second-order valence-corrected chi connectivity index (χ2v) is 4.30. The van der Waals surface area contributed by atoms with E-state index in [1.165, 1.54) is 4.88 Å². The SMILES string of the molecule is CC1Cc2nc(NN)sc2C(C)O1. The monoisotopic (exact) mass is 199 g/mol. The molecule has 2 heterocycles. The second kappa shape index (κ2) is 3.25. The lowest BCUT2D eigenvalue weighted by Crippen LogP contribution is -2.20. The third kappa shape index (κ3) is 1.54. The molecule has 1 aliphatic rings. The zero-order valence-electron chi connectivity index (χ0n) is 7.70. The maximum absolute atomic E-state index is 5.67. The lowest BCUT2D eigenvalue weighted by molar-refractivity contribution is -0.00316. The van der Waals surface area contributed by atoms with E-state index in [0.717, 1.165) is 17.2 Å². The van der Waals surface area contributed by atoms with Crippen LogP contribution < -0.4 is 11.3 Å². The standard InChI is InChI=1S/C8H13N3OS/c1-4-3-6-7(5(2)12-4)13-8(10-6)11-9/h4-5H,3,9H2,1-2H3,(H,10,11). The van der Waals surface area contributed by atoms with Crippen molar-refractivity contribution in [3.63, 3.8) is 0 Å². The Balaban J connectivity index is 2.35. The molecule has 0 fully saturated rings. The molecule has 4 nitrogen and oxygen atoms in total. The molecule has 13 heavy (non-hydrogen) atoms. The summed E-state index contributed by atoms with van der Waals surface area (Å²) in [6.45, 7) is 4.11. The molecule has 0 radical (unpaired) electrons. The average Bonchev–Trinajstić information content (AvgIpc) is 2.47. The van der Waals surface area contributed by atoms with Gasteiger partial charge in [0.2, 0.25) is 0 Å². The van der Waals surface area contributed by atoms with Crippen molar-refractivity contribution in [3.05, 3.63) is 10.6 Å². The molecule has 0 bridgehead atoms. The molecule has 0 amide bonds. The first kappa shape index (κ1) is 8.93. The minimum Gasteiger partial charge on any atom is -0.370 e. The van der Waals surface area contributed by atoms with Crippen LogP contribution >= 0.6 is 11.3 Å². The van der Waals surface area contributed by atoms with E-state index in [-0.39, 0.29) is 12.2 Å². The fraction of sp³-hybridized carbons (Fsp3) is 0.625. The van der Waals surface area contributed by atoms with Gasteiger partial charge in [0, 0.05) is 6.42 Å². The van der Waals surface area contributed by atoms with Crippen LogP contribution in [0.1, 0.15) is 30.5 Å². The number of nitrogens with one attached hydrogen (secondary N) is 1. The van der Waals surface area contributed by atoms with E-state index in [2.05, 4.69) is 17.3 Å². The highest BCUT2D eigenvalue weighted by Gasteiger charge is 2.25. The maximum atomic E-state index is 5.67. The van der Waals surface area contributed by atoms with E-state index in [9.17, 15) is 0 Å². The van der Waals surface area contributed by atoms with Crippen LogP contribution in [0.2, 0.25) is 0 Å². The number of fused-ring (bicyclic) bond motifs is 1. The van der Waals surface area contributed by atoms with Crippen molar-refractivity contribution in [3.8, 4) is 0 Å². The molecule has 2 unspecified atom stereocenters. The van der Waals surface area contributed by atoms with Gasteiger partial charge in [0.25, 0.3) is 0 Å². The average molecular weight is 199 g/mol. The number of nitrogen functional groups attached to an aromatic ring is 1. The van der Waals surface area contributed by atoms with Gasteiger partial charge in [0.05, 0.1) is 22.8 Å². The molecule has 72 valence electrons. The summed E-state index contributed by atoms with van der Waals surface area (Å²) in [4.78, 5) is 5.57. The molecule has 3 N–H and O–H groups in total. The van der Waals surface area contributed by atoms with E-state index < -0.39 is 0 Å². The van der Waals surface area contributed by atoms with Gasteiger partial charge < -0.3 is 4.74 Å². The van der Waals surface area contributed by atoms with Crippen LogP contribution in [0.15, 0.2) is 0 Å². The topological polar surface area (TPSA) is 60.2 Å². The molecule has 0 aliphatic carbocycles. The van der Waals surface area contributed by atoms with E-state index in [0.29, 0.717) is 0 Å². The maximum Gasteiger partial charge on any atom is 0.197 e. The number of ether oxygens (including phenoxy) is 1. The summed E-state index contributed by atoms with van der Waals surface area (Å²) in [6.07, 6.45) is 1.30. The normalized spacial score (nSPS) is 27.0. The van der Waals surface area contributed by atoms with Crippen LogP contribution in [0, 0.1) is 0 Å². The van der Waals surface area contributed by atoms with E-state index in [1.807, 2.05) is 6.92 Å². The van der Waals surface area contributed by atoms with Crippen LogP contribution in [-0.2, 0) is 11.2 Å². The molecule has 0 saturated heterocycles. The summed E-state index contributed by atoms with van der Waals surface area (Å²) >= 11 is 1.57. The summed E-state index contributed by atoms with van der Waals surface area (Å²) in [6, 6.07) is 0. The molecular formula is C8H13N3OS. The number of rotatable bonds is 1. The Bertz CT molecular complexity index is 312. The van der Waals surface area contributed by atoms with Crippen LogP contribution in [0.3, 0.4) is 0 Å². The smallest absolute Gasteiger partial charge is 0.197 e. The molecule has 5 heteroatoms. The quantitative estimate of drug-likeness (QED) is 0.531. The number of hydrogen-bond donors (Lipinski definition) is 2. The fourth-order valence-electron chi connectivity index (χ4n) is 1.62. The van der Waals surface area contributed by atoms with Crippen molar-refractivity contribution < 1.29 is 4.74 Å². The van der Waals surface area contributed by atoms with Gasteiger partial charge in [-0.25, -0.2) is 10.8 Å². The molecule has 0 aromatic carbocycles. The summed E-state index contributed by atoms with van der Waals surface area (Å²) in [7, 11) is 0. The Morgan fingerprint density at radius 3 is 3.08 bits per heavy atom. The van der Waals surface area contributed by atoms with E-state index in [1.54, 1.807) is 11.3 Å².